The molecule has 18 heavy (non-hydrogen) atoms. The monoisotopic (exact) mass is 266 g/mol. The number of rotatable bonds is 4. The van der Waals surface area contributed by atoms with Gasteiger partial charge in [-0.05, 0) is 49.7 Å². The van der Waals surface area contributed by atoms with E-state index >= 15 is 0 Å². The van der Waals surface area contributed by atoms with Crippen molar-refractivity contribution in [1.29, 1.82) is 0 Å². The van der Waals surface area contributed by atoms with E-state index in [0.717, 1.165) is 5.69 Å². The molecule has 0 fully saturated rings. The van der Waals surface area contributed by atoms with Crippen LogP contribution in [0.3, 0.4) is 0 Å². The molecule has 0 saturated carbocycles. The maximum Gasteiger partial charge on any atom is 0.171 e. The minimum absolute atomic E-state index is 0.0289. The first-order chi connectivity index (χ1) is 8.34. The Hall–Kier alpha value is -1.13. The molecule has 0 aliphatic rings. The van der Waals surface area contributed by atoms with Gasteiger partial charge in [-0.2, -0.15) is 0 Å². The summed E-state index contributed by atoms with van der Waals surface area (Å²) in [6.07, 6.45) is 0. The number of benzene rings is 1. The van der Waals surface area contributed by atoms with Gasteiger partial charge < -0.3 is 15.7 Å². The van der Waals surface area contributed by atoms with E-state index in [-0.39, 0.29) is 6.61 Å². The standard InChI is InChI=1S/C14H22N2OS/c1-10(2)11-5-7-12(8-6-11)15-13(18)16-14(3,4)9-17/h5-8,10,17H,9H2,1-4H3,(H2,15,16,18). The summed E-state index contributed by atoms with van der Waals surface area (Å²) in [5.41, 5.74) is 1.84. The number of nitrogens with one attached hydrogen (secondary N) is 2. The summed E-state index contributed by atoms with van der Waals surface area (Å²) in [6, 6.07) is 8.20. The summed E-state index contributed by atoms with van der Waals surface area (Å²) >= 11 is 5.20. The van der Waals surface area contributed by atoms with Gasteiger partial charge in [-0.3, -0.25) is 0 Å². The number of hydrogen-bond acceptors (Lipinski definition) is 2. The summed E-state index contributed by atoms with van der Waals surface area (Å²) in [5, 5.41) is 15.8. The molecule has 0 heterocycles. The highest BCUT2D eigenvalue weighted by Crippen LogP contribution is 2.17. The third-order valence-electron chi connectivity index (χ3n) is 2.68. The third kappa shape index (κ3) is 4.63. The first-order valence-corrected chi connectivity index (χ1v) is 6.55. The SMILES string of the molecule is CC(C)c1ccc(NC(=S)NC(C)(C)CO)cc1. The van der Waals surface area contributed by atoms with Gasteiger partial charge in [0.15, 0.2) is 5.11 Å². The normalized spacial score (nSPS) is 11.4. The zero-order chi connectivity index (χ0) is 13.8. The first kappa shape index (κ1) is 14.9. The highest BCUT2D eigenvalue weighted by Gasteiger charge is 2.16. The van der Waals surface area contributed by atoms with Crippen LogP contribution in [-0.4, -0.2) is 22.4 Å². The van der Waals surface area contributed by atoms with E-state index < -0.39 is 5.54 Å². The molecule has 0 aliphatic heterocycles. The van der Waals surface area contributed by atoms with Gasteiger partial charge in [-0.25, -0.2) is 0 Å². The van der Waals surface area contributed by atoms with E-state index in [0.29, 0.717) is 11.0 Å². The van der Waals surface area contributed by atoms with Crippen LogP contribution < -0.4 is 10.6 Å². The molecule has 1 aromatic rings. The highest BCUT2D eigenvalue weighted by molar-refractivity contribution is 7.80. The first-order valence-electron chi connectivity index (χ1n) is 6.14. The van der Waals surface area contributed by atoms with E-state index in [1.54, 1.807) is 0 Å². The lowest BCUT2D eigenvalue weighted by molar-refractivity contribution is 0.207. The number of hydrogen-bond donors (Lipinski definition) is 3. The Bertz CT molecular complexity index is 399. The van der Waals surface area contributed by atoms with Crippen LogP contribution in [0, 0.1) is 0 Å². The van der Waals surface area contributed by atoms with Crippen LogP contribution in [0.4, 0.5) is 5.69 Å². The van der Waals surface area contributed by atoms with Crippen molar-refractivity contribution in [3.63, 3.8) is 0 Å². The predicted molar refractivity (Wildman–Crippen MR) is 81.1 cm³/mol. The Kier molecular flexibility index (Phi) is 5.11. The van der Waals surface area contributed by atoms with Crippen molar-refractivity contribution in [2.75, 3.05) is 11.9 Å². The lowest BCUT2D eigenvalue weighted by Crippen LogP contribution is -2.47. The van der Waals surface area contributed by atoms with Crippen LogP contribution >= 0.6 is 12.2 Å². The van der Waals surface area contributed by atoms with Gasteiger partial charge in [0.1, 0.15) is 0 Å². The van der Waals surface area contributed by atoms with E-state index in [1.807, 2.05) is 26.0 Å². The van der Waals surface area contributed by atoms with Crippen molar-refractivity contribution >= 4 is 23.0 Å². The largest absolute Gasteiger partial charge is 0.394 e. The zero-order valence-electron chi connectivity index (χ0n) is 11.4. The molecule has 3 nitrogen and oxygen atoms in total. The molecule has 1 aromatic carbocycles. The van der Waals surface area contributed by atoms with Crippen molar-refractivity contribution in [2.45, 2.75) is 39.2 Å². The summed E-state index contributed by atoms with van der Waals surface area (Å²) < 4.78 is 0. The fraction of sp³-hybridized carbons (Fsp3) is 0.500. The van der Waals surface area contributed by atoms with Crippen molar-refractivity contribution < 1.29 is 5.11 Å². The fourth-order valence-electron chi connectivity index (χ4n) is 1.46. The Labute approximate surface area is 115 Å². The van der Waals surface area contributed by atoms with Gasteiger partial charge in [-0.15, -0.1) is 0 Å². The summed E-state index contributed by atoms with van der Waals surface area (Å²) in [4.78, 5) is 0. The van der Waals surface area contributed by atoms with Crippen molar-refractivity contribution in [3.8, 4) is 0 Å². The smallest absolute Gasteiger partial charge is 0.171 e. The van der Waals surface area contributed by atoms with E-state index in [2.05, 4.69) is 36.6 Å². The maximum atomic E-state index is 9.16. The average Bonchev–Trinajstić information content (AvgIpc) is 2.29. The summed E-state index contributed by atoms with van der Waals surface area (Å²) in [7, 11) is 0. The molecule has 0 aliphatic carbocycles. The van der Waals surface area contributed by atoms with Crippen LogP contribution in [0.2, 0.25) is 0 Å². The van der Waals surface area contributed by atoms with E-state index in [4.69, 9.17) is 17.3 Å². The summed E-state index contributed by atoms with van der Waals surface area (Å²) in [5.74, 6) is 0.525. The fourth-order valence-corrected chi connectivity index (χ4v) is 1.85. The molecule has 0 amide bonds. The van der Waals surface area contributed by atoms with Gasteiger partial charge in [-0.1, -0.05) is 26.0 Å². The lowest BCUT2D eigenvalue weighted by atomic mass is 10.0. The zero-order valence-corrected chi connectivity index (χ0v) is 12.3. The molecule has 0 spiro atoms. The van der Waals surface area contributed by atoms with Gasteiger partial charge in [0, 0.05) is 5.69 Å². The van der Waals surface area contributed by atoms with Crippen LogP contribution in [-0.2, 0) is 0 Å². The molecule has 0 radical (unpaired) electrons. The molecule has 4 heteroatoms. The van der Waals surface area contributed by atoms with Gasteiger partial charge in [0.25, 0.3) is 0 Å². The second kappa shape index (κ2) is 6.16. The molecule has 0 bridgehead atoms. The van der Waals surface area contributed by atoms with Crippen LogP contribution in [0.1, 0.15) is 39.2 Å². The van der Waals surface area contributed by atoms with E-state index in [1.165, 1.54) is 5.56 Å². The maximum absolute atomic E-state index is 9.16. The average molecular weight is 266 g/mol. The molecule has 3 N–H and O–H groups in total. The predicted octanol–water partition coefficient (Wildman–Crippen LogP) is 2.87. The molecule has 0 saturated heterocycles. The summed E-state index contributed by atoms with van der Waals surface area (Å²) in [6.45, 7) is 8.14. The Morgan fingerprint density at radius 3 is 2.28 bits per heavy atom. The van der Waals surface area contributed by atoms with Crippen molar-refractivity contribution in [1.82, 2.24) is 5.32 Å². The van der Waals surface area contributed by atoms with Crippen LogP contribution in [0.5, 0.6) is 0 Å². The minimum Gasteiger partial charge on any atom is -0.394 e. The highest BCUT2D eigenvalue weighted by atomic mass is 32.1. The number of aliphatic hydroxyl groups is 1. The van der Waals surface area contributed by atoms with Gasteiger partial charge >= 0.3 is 0 Å². The van der Waals surface area contributed by atoms with Crippen molar-refractivity contribution in [2.24, 2.45) is 0 Å². The third-order valence-corrected chi connectivity index (χ3v) is 2.89. The van der Waals surface area contributed by atoms with Gasteiger partial charge in [0.05, 0.1) is 12.1 Å². The minimum atomic E-state index is -0.415. The molecule has 0 unspecified atom stereocenters. The Balaban J connectivity index is 2.60. The van der Waals surface area contributed by atoms with Crippen molar-refractivity contribution in [3.05, 3.63) is 29.8 Å². The van der Waals surface area contributed by atoms with E-state index in [9.17, 15) is 0 Å². The second-order valence-corrected chi connectivity index (χ2v) is 5.81. The number of anilines is 1. The van der Waals surface area contributed by atoms with Crippen LogP contribution in [0.15, 0.2) is 24.3 Å². The molecular weight excluding hydrogens is 244 g/mol. The number of thiocarbonyl (C=S) groups is 1. The molecule has 1 rings (SSSR count). The Morgan fingerprint density at radius 1 is 1.28 bits per heavy atom. The molecular formula is C14H22N2OS. The Morgan fingerprint density at radius 2 is 1.83 bits per heavy atom. The lowest BCUT2D eigenvalue weighted by Gasteiger charge is -2.25. The molecule has 0 atom stereocenters. The quantitative estimate of drug-likeness (QED) is 0.733. The second-order valence-electron chi connectivity index (χ2n) is 5.40. The number of aliphatic hydroxyl groups excluding tert-OH is 1. The van der Waals surface area contributed by atoms with Gasteiger partial charge in [0.2, 0.25) is 0 Å². The topological polar surface area (TPSA) is 44.3 Å². The van der Waals surface area contributed by atoms with Crippen LogP contribution in [0.25, 0.3) is 0 Å². The molecule has 100 valence electrons. The molecule has 0 aromatic heterocycles.